The van der Waals surface area contributed by atoms with Crippen LogP contribution in [0.3, 0.4) is 0 Å². The zero-order valence-electron chi connectivity index (χ0n) is 12.4. The van der Waals surface area contributed by atoms with Gasteiger partial charge in [-0.2, -0.15) is 0 Å². The van der Waals surface area contributed by atoms with E-state index in [9.17, 15) is 9.59 Å². The number of carbonyl (C=O) groups excluding carboxylic acids is 2. The number of amides is 2. The van der Waals surface area contributed by atoms with Crippen LogP contribution in [0.25, 0.3) is 0 Å². The number of aromatic nitrogens is 1. The maximum Gasteiger partial charge on any atom is 0.239 e. The molecule has 0 unspecified atom stereocenters. The minimum Gasteiger partial charge on any atom is -0.352 e. The standard InChI is InChI=1S/C15H23N3O2/c1-4-18(11-14(19)17-12(2)3)15(20)8-7-13-6-5-9-16-10-13/h5-6,9-10,12H,4,7-8,11H2,1-3H3,(H,17,19). The minimum absolute atomic E-state index is 0.00439. The average molecular weight is 277 g/mol. The van der Waals surface area contributed by atoms with Crippen LogP contribution >= 0.6 is 0 Å². The monoisotopic (exact) mass is 277 g/mol. The van der Waals surface area contributed by atoms with Crippen molar-refractivity contribution in [3.63, 3.8) is 0 Å². The third-order valence-electron chi connectivity index (χ3n) is 2.87. The highest BCUT2D eigenvalue weighted by Crippen LogP contribution is 2.03. The fourth-order valence-electron chi connectivity index (χ4n) is 1.87. The third kappa shape index (κ3) is 5.82. The van der Waals surface area contributed by atoms with Crippen LogP contribution in [0.15, 0.2) is 24.5 Å². The van der Waals surface area contributed by atoms with Crippen molar-refractivity contribution in [3.05, 3.63) is 30.1 Å². The SMILES string of the molecule is CCN(CC(=O)NC(C)C)C(=O)CCc1cccnc1. The summed E-state index contributed by atoms with van der Waals surface area (Å²) in [5.74, 6) is -0.119. The lowest BCUT2D eigenvalue weighted by molar-refractivity contribution is -0.136. The topological polar surface area (TPSA) is 62.3 Å². The number of pyridine rings is 1. The van der Waals surface area contributed by atoms with E-state index in [1.807, 2.05) is 32.9 Å². The molecule has 1 heterocycles. The second kappa shape index (κ2) is 8.30. The van der Waals surface area contributed by atoms with Gasteiger partial charge in [-0.3, -0.25) is 14.6 Å². The lowest BCUT2D eigenvalue weighted by atomic mass is 10.1. The van der Waals surface area contributed by atoms with Crippen LogP contribution in [0.4, 0.5) is 0 Å². The molecule has 2 amide bonds. The van der Waals surface area contributed by atoms with Crippen LogP contribution in [0.5, 0.6) is 0 Å². The molecule has 0 aliphatic carbocycles. The first-order valence-electron chi connectivity index (χ1n) is 6.99. The van der Waals surface area contributed by atoms with E-state index in [1.54, 1.807) is 17.3 Å². The molecule has 1 N–H and O–H groups in total. The number of likely N-dealkylation sites (N-methyl/N-ethyl adjacent to an activating group) is 1. The van der Waals surface area contributed by atoms with Crippen molar-refractivity contribution in [1.82, 2.24) is 15.2 Å². The molecule has 0 aliphatic heterocycles. The summed E-state index contributed by atoms with van der Waals surface area (Å²) in [7, 11) is 0. The van der Waals surface area contributed by atoms with Gasteiger partial charge in [0.05, 0.1) is 6.54 Å². The zero-order valence-corrected chi connectivity index (χ0v) is 12.4. The molecule has 0 atom stereocenters. The highest BCUT2D eigenvalue weighted by Gasteiger charge is 2.15. The van der Waals surface area contributed by atoms with Crippen molar-refractivity contribution in [2.75, 3.05) is 13.1 Å². The fraction of sp³-hybridized carbons (Fsp3) is 0.533. The minimum atomic E-state index is -0.114. The Hall–Kier alpha value is -1.91. The highest BCUT2D eigenvalue weighted by molar-refractivity contribution is 5.84. The molecule has 1 aromatic rings. The average Bonchev–Trinajstić information content (AvgIpc) is 2.42. The number of hydrogen-bond acceptors (Lipinski definition) is 3. The van der Waals surface area contributed by atoms with E-state index in [4.69, 9.17) is 0 Å². The van der Waals surface area contributed by atoms with Gasteiger partial charge in [0.1, 0.15) is 0 Å². The molecular formula is C15H23N3O2. The summed E-state index contributed by atoms with van der Waals surface area (Å²) >= 11 is 0. The molecule has 0 radical (unpaired) electrons. The van der Waals surface area contributed by atoms with E-state index < -0.39 is 0 Å². The summed E-state index contributed by atoms with van der Waals surface area (Å²) in [4.78, 5) is 29.4. The molecule has 20 heavy (non-hydrogen) atoms. The van der Waals surface area contributed by atoms with Crippen molar-refractivity contribution >= 4 is 11.8 Å². The van der Waals surface area contributed by atoms with Crippen molar-refractivity contribution in [2.45, 2.75) is 39.7 Å². The predicted molar refractivity (Wildman–Crippen MR) is 78.1 cm³/mol. The lowest BCUT2D eigenvalue weighted by Gasteiger charge is -2.21. The number of hydrogen-bond donors (Lipinski definition) is 1. The van der Waals surface area contributed by atoms with E-state index in [-0.39, 0.29) is 24.4 Å². The molecule has 0 saturated heterocycles. The molecule has 0 fully saturated rings. The van der Waals surface area contributed by atoms with Crippen LogP contribution in [-0.4, -0.2) is 40.8 Å². The molecule has 1 aromatic heterocycles. The van der Waals surface area contributed by atoms with Gasteiger partial charge >= 0.3 is 0 Å². The first-order chi connectivity index (χ1) is 9.52. The molecule has 5 heteroatoms. The van der Waals surface area contributed by atoms with E-state index in [1.165, 1.54) is 0 Å². The second-order valence-corrected chi connectivity index (χ2v) is 4.99. The van der Waals surface area contributed by atoms with Crippen molar-refractivity contribution in [1.29, 1.82) is 0 Å². The summed E-state index contributed by atoms with van der Waals surface area (Å²) in [6.07, 6.45) is 4.51. The highest BCUT2D eigenvalue weighted by atomic mass is 16.2. The molecule has 0 saturated carbocycles. The van der Waals surface area contributed by atoms with Gasteiger partial charge in [0.15, 0.2) is 0 Å². The summed E-state index contributed by atoms with van der Waals surface area (Å²) in [5, 5.41) is 2.79. The Morgan fingerprint density at radius 3 is 2.70 bits per heavy atom. The molecular weight excluding hydrogens is 254 g/mol. The Labute approximate surface area is 120 Å². The maximum absolute atomic E-state index is 12.1. The Bertz CT molecular complexity index is 432. The number of rotatable bonds is 7. The fourth-order valence-corrected chi connectivity index (χ4v) is 1.87. The smallest absolute Gasteiger partial charge is 0.239 e. The quantitative estimate of drug-likeness (QED) is 0.819. The van der Waals surface area contributed by atoms with Gasteiger partial charge in [0.2, 0.25) is 11.8 Å². The van der Waals surface area contributed by atoms with Gasteiger partial charge in [-0.25, -0.2) is 0 Å². The Morgan fingerprint density at radius 2 is 2.15 bits per heavy atom. The van der Waals surface area contributed by atoms with Crippen LogP contribution in [0, 0.1) is 0 Å². The Balaban J connectivity index is 2.44. The number of nitrogens with zero attached hydrogens (tertiary/aromatic N) is 2. The maximum atomic E-state index is 12.1. The molecule has 0 aliphatic rings. The molecule has 0 aromatic carbocycles. The Morgan fingerprint density at radius 1 is 1.40 bits per heavy atom. The lowest BCUT2D eigenvalue weighted by Crippen LogP contribution is -2.42. The number of aryl methyl sites for hydroxylation is 1. The molecule has 5 nitrogen and oxygen atoms in total. The van der Waals surface area contributed by atoms with Gasteiger partial charge in [0, 0.05) is 31.4 Å². The van der Waals surface area contributed by atoms with Crippen molar-refractivity contribution in [2.24, 2.45) is 0 Å². The Kier molecular flexibility index (Phi) is 6.70. The first-order valence-corrected chi connectivity index (χ1v) is 6.99. The van der Waals surface area contributed by atoms with Gasteiger partial charge < -0.3 is 10.2 Å². The van der Waals surface area contributed by atoms with Crippen molar-refractivity contribution < 1.29 is 9.59 Å². The molecule has 1 rings (SSSR count). The van der Waals surface area contributed by atoms with Crippen LogP contribution in [0.1, 0.15) is 32.8 Å². The first kappa shape index (κ1) is 16.1. The summed E-state index contributed by atoms with van der Waals surface area (Å²) in [5.41, 5.74) is 1.03. The second-order valence-electron chi connectivity index (χ2n) is 4.99. The molecule has 110 valence electrons. The van der Waals surface area contributed by atoms with Gasteiger partial charge in [0.25, 0.3) is 0 Å². The van der Waals surface area contributed by atoms with Gasteiger partial charge in [-0.1, -0.05) is 6.07 Å². The van der Waals surface area contributed by atoms with Crippen molar-refractivity contribution in [3.8, 4) is 0 Å². The summed E-state index contributed by atoms with van der Waals surface area (Å²) in [6.45, 7) is 6.35. The van der Waals surface area contributed by atoms with E-state index in [2.05, 4.69) is 10.3 Å². The summed E-state index contributed by atoms with van der Waals surface area (Å²) in [6, 6.07) is 3.89. The van der Waals surface area contributed by atoms with Crippen LogP contribution in [0.2, 0.25) is 0 Å². The van der Waals surface area contributed by atoms with E-state index in [0.717, 1.165) is 5.56 Å². The predicted octanol–water partition coefficient (Wildman–Crippen LogP) is 1.39. The van der Waals surface area contributed by atoms with Crippen LogP contribution < -0.4 is 5.32 Å². The van der Waals surface area contributed by atoms with E-state index >= 15 is 0 Å². The largest absolute Gasteiger partial charge is 0.352 e. The van der Waals surface area contributed by atoms with Gasteiger partial charge in [-0.15, -0.1) is 0 Å². The summed E-state index contributed by atoms with van der Waals surface area (Å²) < 4.78 is 0. The van der Waals surface area contributed by atoms with Gasteiger partial charge in [-0.05, 0) is 38.8 Å². The molecule has 0 bridgehead atoms. The van der Waals surface area contributed by atoms with Crippen LogP contribution in [-0.2, 0) is 16.0 Å². The normalized spacial score (nSPS) is 10.4. The molecule has 0 spiro atoms. The zero-order chi connectivity index (χ0) is 15.0. The van der Waals surface area contributed by atoms with E-state index in [0.29, 0.717) is 19.4 Å². The number of nitrogens with one attached hydrogen (secondary N) is 1. The number of carbonyl (C=O) groups is 2. The third-order valence-corrected chi connectivity index (χ3v) is 2.87.